The molecule has 1 amide bonds. The standard InChI is InChI=1S/C14H18N2O4/c1-9-7-10(3-4-11(9)14(18)19-2)16-13(17)12-8-15-5-6-20-12/h3-4,7,12,15H,5-6,8H2,1-2H3,(H,16,17). The van der Waals surface area contributed by atoms with Crippen molar-refractivity contribution in [1.29, 1.82) is 0 Å². The number of nitrogens with one attached hydrogen (secondary N) is 2. The van der Waals surface area contributed by atoms with Gasteiger partial charge in [0.25, 0.3) is 5.91 Å². The predicted octanol–water partition coefficient (Wildman–Crippen LogP) is 0.709. The molecule has 6 nitrogen and oxygen atoms in total. The van der Waals surface area contributed by atoms with E-state index in [1.165, 1.54) is 7.11 Å². The number of hydrogen-bond acceptors (Lipinski definition) is 5. The van der Waals surface area contributed by atoms with Crippen molar-refractivity contribution in [3.63, 3.8) is 0 Å². The fourth-order valence-corrected chi connectivity index (χ4v) is 2.04. The number of carbonyl (C=O) groups is 2. The van der Waals surface area contributed by atoms with Crippen molar-refractivity contribution in [2.75, 3.05) is 32.1 Å². The Bertz CT molecular complexity index is 510. The largest absolute Gasteiger partial charge is 0.465 e. The van der Waals surface area contributed by atoms with E-state index in [0.717, 1.165) is 12.1 Å². The van der Waals surface area contributed by atoms with Crippen LogP contribution in [0.1, 0.15) is 15.9 Å². The van der Waals surface area contributed by atoms with Gasteiger partial charge in [-0.2, -0.15) is 0 Å². The van der Waals surface area contributed by atoms with Crippen molar-refractivity contribution >= 4 is 17.6 Å². The summed E-state index contributed by atoms with van der Waals surface area (Å²) in [5.41, 5.74) is 1.87. The molecular weight excluding hydrogens is 260 g/mol. The molecular formula is C14H18N2O4. The third-order valence-electron chi connectivity index (χ3n) is 3.12. The van der Waals surface area contributed by atoms with Crippen LogP contribution in [-0.4, -0.2) is 44.8 Å². The molecule has 0 radical (unpaired) electrons. The van der Waals surface area contributed by atoms with Gasteiger partial charge in [0.05, 0.1) is 19.3 Å². The van der Waals surface area contributed by atoms with Gasteiger partial charge >= 0.3 is 5.97 Å². The number of amides is 1. The minimum absolute atomic E-state index is 0.192. The highest BCUT2D eigenvalue weighted by atomic mass is 16.5. The monoisotopic (exact) mass is 278 g/mol. The Morgan fingerprint density at radius 3 is 2.85 bits per heavy atom. The molecule has 1 heterocycles. The fourth-order valence-electron chi connectivity index (χ4n) is 2.04. The number of anilines is 1. The van der Waals surface area contributed by atoms with Gasteiger partial charge in [-0.1, -0.05) is 0 Å². The number of esters is 1. The van der Waals surface area contributed by atoms with Gasteiger partial charge in [0.2, 0.25) is 0 Å². The van der Waals surface area contributed by atoms with Gasteiger partial charge in [-0.3, -0.25) is 4.79 Å². The molecule has 20 heavy (non-hydrogen) atoms. The van der Waals surface area contributed by atoms with Crippen LogP contribution in [0.4, 0.5) is 5.69 Å². The molecule has 1 aromatic rings. The summed E-state index contributed by atoms with van der Waals surface area (Å²) in [6.07, 6.45) is -0.482. The maximum Gasteiger partial charge on any atom is 0.338 e. The molecule has 1 aliphatic rings. The minimum Gasteiger partial charge on any atom is -0.465 e. The fraction of sp³-hybridized carbons (Fsp3) is 0.429. The number of carbonyl (C=O) groups excluding carboxylic acids is 2. The van der Waals surface area contributed by atoms with Crippen LogP contribution in [0.3, 0.4) is 0 Å². The zero-order chi connectivity index (χ0) is 14.5. The van der Waals surface area contributed by atoms with Gasteiger partial charge < -0.3 is 20.1 Å². The lowest BCUT2D eigenvalue weighted by atomic mass is 10.1. The van der Waals surface area contributed by atoms with E-state index in [2.05, 4.69) is 15.4 Å². The Labute approximate surface area is 117 Å². The van der Waals surface area contributed by atoms with Crippen molar-refractivity contribution in [2.45, 2.75) is 13.0 Å². The second-order valence-electron chi connectivity index (χ2n) is 4.57. The lowest BCUT2D eigenvalue weighted by Crippen LogP contribution is -2.45. The van der Waals surface area contributed by atoms with E-state index in [1.807, 2.05) is 0 Å². The van der Waals surface area contributed by atoms with Crippen molar-refractivity contribution < 1.29 is 19.1 Å². The molecule has 1 aliphatic heterocycles. The predicted molar refractivity (Wildman–Crippen MR) is 73.8 cm³/mol. The number of rotatable bonds is 3. The molecule has 0 bridgehead atoms. The Morgan fingerprint density at radius 1 is 1.45 bits per heavy atom. The number of benzene rings is 1. The molecule has 0 aliphatic carbocycles. The summed E-state index contributed by atoms with van der Waals surface area (Å²) >= 11 is 0. The first-order valence-corrected chi connectivity index (χ1v) is 6.44. The number of ether oxygens (including phenoxy) is 2. The smallest absolute Gasteiger partial charge is 0.338 e. The molecule has 2 N–H and O–H groups in total. The zero-order valence-electron chi connectivity index (χ0n) is 11.6. The number of morpholine rings is 1. The highest BCUT2D eigenvalue weighted by Crippen LogP contribution is 2.16. The first-order chi connectivity index (χ1) is 9.61. The molecule has 1 aromatic carbocycles. The molecule has 0 spiro atoms. The third kappa shape index (κ3) is 3.34. The maximum absolute atomic E-state index is 12.0. The van der Waals surface area contributed by atoms with E-state index in [1.54, 1.807) is 25.1 Å². The Hall–Kier alpha value is -1.92. The summed E-state index contributed by atoms with van der Waals surface area (Å²) < 4.78 is 10.1. The quantitative estimate of drug-likeness (QED) is 0.796. The summed E-state index contributed by atoms with van der Waals surface area (Å²) in [6, 6.07) is 5.05. The van der Waals surface area contributed by atoms with Crippen LogP contribution in [0.15, 0.2) is 18.2 Å². The van der Waals surface area contributed by atoms with Crippen molar-refractivity contribution in [2.24, 2.45) is 0 Å². The highest BCUT2D eigenvalue weighted by molar-refractivity contribution is 5.96. The van der Waals surface area contributed by atoms with Crippen molar-refractivity contribution in [1.82, 2.24) is 5.32 Å². The van der Waals surface area contributed by atoms with Crippen LogP contribution in [0.2, 0.25) is 0 Å². The molecule has 2 rings (SSSR count). The van der Waals surface area contributed by atoms with Gasteiger partial charge in [-0.15, -0.1) is 0 Å². The Morgan fingerprint density at radius 2 is 2.25 bits per heavy atom. The average molecular weight is 278 g/mol. The molecule has 1 unspecified atom stereocenters. The van der Waals surface area contributed by atoms with E-state index >= 15 is 0 Å². The van der Waals surface area contributed by atoms with Gasteiger partial charge in [-0.05, 0) is 30.7 Å². The summed E-state index contributed by atoms with van der Waals surface area (Å²) in [4.78, 5) is 23.5. The second-order valence-corrected chi connectivity index (χ2v) is 4.57. The minimum atomic E-state index is -0.482. The van der Waals surface area contributed by atoms with Gasteiger partial charge in [0.15, 0.2) is 0 Å². The van der Waals surface area contributed by atoms with Crippen LogP contribution < -0.4 is 10.6 Å². The van der Waals surface area contributed by atoms with Crippen LogP contribution >= 0.6 is 0 Å². The zero-order valence-corrected chi connectivity index (χ0v) is 11.6. The van der Waals surface area contributed by atoms with Crippen LogP contribution in [-0.2, 0) is 14.3 Å². The molecule has 1 saturated heterocycles. The van der Waals surface area contributed by atoms with Crippen LogP contribution in [0.25, 0.3) is 0 Å². The van der Waals surface area contributed by atoms with E-state index in [-0.39, 0.29) is 11.9 Å². The van der Waals surface area contributed by atoms with Crippen molar-refractivity contribution in [3.8, 4) is 0 Å². The van der Waals surface area contributed by atoms with Gasteiger partial charge in [0, 0.05) is 18.8 Å². The van der Waals surface area contributed by atoms with E-state index in [0.29, 0.717) is 24.4 Å². The highest BCUT2D eigenvalue weighted by Gasteiger charge is 2.22. The average Bonchev–Trinajstić information content (AvgIpc) is 2.47. The van der Waals surface area contributed by atoms with E-state index < -0.39 is 6.10 Å². The molecule has 1 atom stereocenters. The lowest BCUT2D eigenvalue weighted by molar-refractivity contribution is -0.128. The topological polar surface area (TPSA) is 76.7 Å². The number of aryl methyl sites for hydroxylation is 1. The van der Waals surface area contributed by atoms with Crippen LogP contribution in [0.5, 0.6) is 0 Å². The first kappa shape index (κ1) is 14.5. The maximum atomic E-state index is 12.0. The number of hydrogen-bond donors (Lipinski definition) is 2. The molecule has 0 aromatic heterocycles. The Balaban J connectivity index is 2.04. The normalized spacial score (nSPS) is 18.4. The Kier molecular flexibility index (Phi) is 4.70. The van der Waals surface area contributed by atoms with Gasteiger partial charge in [0.1, 0.15) is 6.10 Å². The van der Waals surface area contributed by atoms with Crippen LogP contribution in [0, 0.1) is 6.92 Å². The van der Waals surface area contributed by atoms with E-state index in [9.17, 15) is 9.59 Å². The third-order valence-corrected chi connectivity index (χ3v) is 3.12. The summed E-state index contributed by atoms with van der Waals surface area (Å²) in [5.74, 6) is -0.581. The molecule has 108 valence electrons. The summed E-state index contributed by atoms with van der Waals surface area (Å²) in [5, 5.41) is 5.88. The van der Waals surface area contributed by atoms with Crippen molar-refractivity contribution in [3.05, 3.63) is 29.3 Å². The SMILES string of the molecule is COC(=O)c1ccc(NC(=O)C2CNCCO2)cc1C. The summed E-state index contributed by atoms with van der Waals surface area (Å²) in [6.45, 7) is 3.58. The van der Waals surface area contributed by atoms with Gasteiger partial charge in [-0.25, -0.2) is 4.79 Å². The number of methoxy groups -OCH3 is 1. The second kappa shape index (κ2) is 6.49. The van der Waals surface area contributed by atoms with E-state index in [4.69, 9.17) is 4.74 Å². The molecule has 6 heteroatoms. The summed E-state index contributed by atoms with van der Waals surface area (Å²) in [7, 11) is 1.34. The molecule has 1 fully saturated rings. The first-order valence-electron chi connectivity index (χ1n) is 6.44. The lowest BCUT2D eigenvalue weighted by Gasteiger charge is -2.22. The molecule has 0 saturated carbocycles.